The van der Waals surface area contributed by atoms with Crippen molar-refractivity contribution >= 4 is 38.4 Å². The minimum absolute atomic E-state index is 0.0896. The second-order valence-corrected chi connectivity index (χ2v) is 4.16. The van der Waals surface area contributed by atoms with E-state index in [0.717, 1.165) is 21.1 Å². The molecule has 0 saturated carbocycles. The molecule has 0 atom stereocenters. The van der Waals surface area contributed by atoms with Crippen LogP contribution in [-0.2, 0) is 4.79 Å². The summed E-state index contributed by atoms with van der Waals surface area (Å²) in [4.78, 5) is 15.1. The number of rotatable bonds is 1. The molecule has 3 nitrogen and oxygen atoms in total. The third-order valence-electron chi connectivity index (χ3n) is 1.97. The molecule has 1 amide bonds. The van der Waals surface area contributed by atoms with E-state index in [9.17, 15) is 4.79 Å². The first-order valence-electron chi connectivity index (χ1n) is 4.48. The van der Waals surface area contributed by atoms with Crippen molar-refractivity contribution in [3.05, 3.63) is 34.9 Å². The van der Waals surface area contributed by atoms with E-state index < -0.39 is 0 Å². The third-order valence-corrected chi connectivity index (χ3v) is 2.46. The third kappa shape index (κ3) is 2.33. The number of fused-ring (bicyclic) bond motifs is 1. The number of carbonyl (C=O) groups is 1. The van der Waals surface area contributed by atoms with E-state index in [4.69, 9.17) is 0 Å². The van der Waals surface area contributed by atoms with Crippen LogP contribution in [0.5, 0.6) is 0 Å². The van der Waals surface area contributed by atoms with Crippen LogP contribution in [0.3, 0.4) is 0 Å². The maximum Gasteiger partial charge on any atom is 0.221 e. The highest BCUT2D eigenvalue weighted by atomic mass is 79.9. The molecule has 1 aromatic carbocycles. The number of hydrogen-bond acceptors (Lipinski definition) is 2. The summed E-state index contributed by atoms with van der Waals surface area (Å²) >= 11 is 3.38. The first kappa shape index (κ1) is 10.1. The van der Waals surface area contributed by atoms with Crippen LogP contribution in [0, 0.1) is 0 Å². The van der Waals surface area contributed by atoms with Crippen molar-refractivity contribution in [3.8, 4) is 0 Å². The molecule has 0 saturated heterocycles. The van der Waals surface area contributed by atoms with E-state index in [-0.39, 0.29) is 5.91 Å². The molecule has 0 spiro atoms. The van der Waals surface area contributed by atoms with Crippen molar-refractivity contribution in [2.24, 2.45) is 0 Å². The van der Waals surface area contributed by atoms with Crippen LogP contribution in [0.25, 0.3) is 10.9 Å². The van der Waals surface area contributed by atoms with Gasteiger partial charge in [0, 0.05) is 16.8 Å². The molecular weight excluding hydrogens is 256 g/mol. The van der Waals surface area contributed by atoms with Gasteiger partial charge in [-0.3, -0.25) is 9.78 Å². The van der Waals surface area contributed by atoms with E-state index in [0.29, 0.717) is 0 Å². The molecule has 0 aliphatic heterocycles. The number of benzene rings is 1. The molecule has 0 bridgehead atoms. The summed E-state index contributed by atoms with van der Waals surface area (Å²) in [6, 6.07) is 7.74. The number of hydrogen-bond donors (Lipinski definition) is 1. The van der Waals surface area contributed by atoms with Gasteiger partial charge in [0.1, 0.15) is 0 Å². The molecule has 2 rings (SSSR count). The monoisotopic (exact) mass is 264 g/mol. The number of halogens is 1. The molecule has 4 heteroatoms. The van der Waals surface area contributed by atoms with Crippen molar-refractivity contribution in [2.45, 2.75) is 6.92 Å². The maximum absolute atomic E-state index is 10.9. The number of anilines is 1. The van der Waals surface area contributed by atoms with Gasteiger partial charge >= 0.3 is 0 Å². The molecule has 1 heterocycles. The molecule has 0 aliphatic carbocycles. The largest absolute Gasteiger partial charge is 0.325 e. The van der Waals surface area contributed by atoms with Gasteiger partial charge in [-0.05, 0) is 18.2 Å². The van der Waals surface area contributed by atoms with Crippen LogP contribution in [-0.4, -0.2) is 10.9 Å². The number of nitrogens with zero attached hydrogens (tertiary/aromatic N) is 1. The maximum atomic E-state index is 10.9. The standard InChI is InChI=1S/C11H9BrN2O/c1-7(15)14-10-4-8-2-3-9(12)5-11(8)13-6-10/h2-6H,1H3,(H,14,15). The molecule has 0 unspecified atom stereocenters. The van der Waals surface area contributed by atoms with Crippen LogP contribution >= 0.6 is 15.9 Å². The summed E-state index contributed by atoms with van der Waals surface area (Å²) in [5.74, 6) is -0.0896. The van der Waals surface area contributed by atoms with Crippen LogP contribution in [0.15, 0.2) is 34.9 Å². The Hall–Kier alpha value is -1.42. The van der Waals surface area contributed by atoms with Gasteiger partial charge < -0.3 is 5.32 Å². The van der Waals surface area contributed by atoms with Gasteiger partial charge in [0.2, 0.25) is 5.91 Å². The Bertz CT molecular complexity index is 525. The Kier molecular flexibility index (Phi) is 2.68. The lowest BCUT2D eigenvalue weighted by atomic mass is 10.2. The van der Waals surface area contributed by atoms with Gasteiger partial charge in [-0.15, -0.1) is 0 Å². The highest BCUT2D eigenvalue weighted by molar-refractivity contribution is 9.10. The van der Waals surface area contributed by atoms with Crippen molar-refractivity contribution < 1.29 is 4.79 Å². The summed E-state index contributed by atoms with van der Waals surface area (Å²) in [5.41, 5.74) is 1.62. The van der Waals surface area contributed by atoms with Crippen LogP contribution in [0.1, 0.15) is 6.92 Å². The number of pyridine rings is 1. The quantitative estimate of drug-likeness (QED) is 0.861. The zero-order valence-corrected chi connectivity index (χ0v) is 9.71. The Morgan fingerprint density at radius 3 is 2.93 bits per heavy atom. The number of amides is 1. The molecule has 15 heavy (non-hydrogen) atoms. The van der Waals surface area contributed by atoms with Crippen LogP contribution in [0.4, 0.5) is 5.69 Å². The average Bonchev–Trinajstić information content (AvgIpc) is 2.17. The van der Waals surface area contributed by atoms with Crippen molar-refractivity contribution in [3.63, 3.8) is 0 Å². The lowest BCUT2D eigenvalue weighted by Crippen LogP contribution is -2.05. The molecule has 2 aromatic rings. The summed E-state index contributed by atoms with van der Waals surface area (Å²) in [5, 5.41) is 3.70. The fourth-order valence-corrected chi connectivity index (χ4v) is 1.72. The van der Waals surface area contributed by atoms with Crippen molar-refractivity contribution in [2.75, 3.05) is 5.32 Å². The molecule has 0 aliphatic rings. The lowest BCUT2D eigenvalue weighted by molar-refractivity contribution is -0.114. The fourth-order valence-electron chi connectivity index (χ4n) is 1.37. The van der Waals surface area contributed by atoms with Gasteiger partial charge in [-0.2, -0.15) is 0 Å². The number of nitrogens with one attached hydrogen (secondary N) is 1. The predicted molar refractivity (Wildman–Crippen MR) is 63.7 cm³/mol. The Morgan fingerprint density at radius 2 is 2.20 bits per heavy atom. The van der Waals surface area contributed by atoms with Crippen molar-refractivity contribution in [1.29, 1.82) is 0 Å². The number of aromatic nitrogens is 1. The smallest absolute Gasteiger partial charge is 0.221 e. The van der Waals surface area contributed by atoms with E-state index in [1.807, 2.05) is 24.3 Å². The molecule has 0 radical (unpaired) electrons. The van der Waals surface area contributed by atoms with Gasteiger partial charge in [-0.1, -0.05) is 22.0 Å². The second kappa shape index (κ2) is 3.98. The first-order chi connectivity index (χ1) is 7.15. The number of carbonyl (C=O) groups excluding carboxylic acids is 1. The van der Waals surface area contributed by atoms with Crippen molar-refractivity contribution in [1.82, 2.24) is 4.98 Å². The average molecular weight is 265 g/mol. The molecule has 1 N–H and O–H groups in total. The highest BCUT2D eigenvalue weighted by Crippen LogP contribution is 2.20. The fraction of sp³-hybridized carbons (Fsp3) is 0.0909. The van der Waals surface area contributed by atoms with Crippen LogP contribution < -0.4 is 5.32 Å². The van der Waals surface area contributed by atoms with Crippen LogP contribution in [0.2, 0.25) is 0 Å². The highest BCUT2D eigenvalue weighted by Gasteiger charge is 1.99. The first-order valence-corrected chi connectivity index (χ1v) is 5.27. The normalized spacial score (nSPS) is 10.3. The minimum Gasteiger partial charge on any atom is -0.325 e. The minimum atomic E-state index is -0.0896. The Morgan fingerprint density at radius 1 is 1.40 bits per heavy atom. The Balaban J connectivity index is 2.47. The van der Waals surface area contributed by atoms with Gasteiger partial charge in [0.15, 0.2) is 0 Å². The molecule has 0 fully saturated rings. The Labute approximate surface area is 95.6 Å². The zero-order valence-electron chi connectivity index (χ0n) is 8.12. The topological polar surface area (TPSA) is 42.0 Å². The zero-order chi connectivity index (χ0) is 10.8. The SMILES string of the molecule is CC(=O)Nc1cnc2cc(Br)ccc2c1. The van der Waals surface area contributed by atoms with Gasteiger partial charge in [-0.25, -0.2) is 0 Å². The second-order valence-electron chi connectivity index (χ2n) is 3.24. The van der Waals surface area contributed by atoms with E-state index >= 15 is 0 Å². The summed E-state index contributed by atoms with van der Waals surface area (Å²) in [6.45, 7) is 1.48. The summed E-state index contributed by atoms with van der Waals surface area (Å²) in [6.07, 6.45) is 1.65. The molecular formula is C11H9BrN2O. The van der Waals surface area contributed by atoms with E-state index in [1.165, 1.54) is 6.92 Å². The lowest BCUT2D eigenvalue weighted by Gasteiger charge is -2.03. The summed E-state index contributed by atoms with van der Waals surface area (Å²) < 4.78 is 0.995. The van der Waals surface area contributed by atoms with Gasteiger partial charge in [0.05, 0.1) is 17.4 Å². The van der Waals surface area contributed by atoms with Gasteiger partial charge in [0.25, 0.3) is 0 Å². The van der Waals surface area contributed by atoms with E-state index in [2.05, 4.69) is 26.2 Å². The molecule has 76 valence electrons. The molecule has 1 aromatic heterocycles. The van der Waals surface area contributed by atoms with E-state index in [1.54, 1.807) is 6.20 Å². The summed E-state index contributed by atoms with van der Waals surface area (Å²) in [7, 11) is 0. The predicted octanol–water partition coefficient (Wildman–Crippen LogP) is 2.96.